The lowest BCUT2D eigenvalue weighted by molar-refractivity contribution is -0.136. The number of carboxylic acids is 1. The molecule has 1 unspecified atom stereocenters. The first-order chi connectivity index (χ1) is 7.20. The topological polar surface area (TPSA) is 144 Å². The van der Waals surface area contributed by atoms with Gasteiger partial charge in [0.1, 0.15) is 5.75 Å². The van der Waals surface area contributed by atoms with Crippen LogP contribution in [0.15, 0.2) is 0 Å². The van der Waals surface area contributed by atoms with Crippen LogP contribution < -0.4 is 11.1 Å². The van der Waals surface area contributed by atoms with Crippen LogP contribution in [0.2, 0.25) is 0 Å². The second-order valence-electron chi connectivity index (χ2n) is 2.95. The summed E-state index contributed by atoms with van der Waals surface area (Å²) in [6.07, 6.45) is -0.165. The summed E-state index contributed by atoms with van der Waals surface area (Å²) in [5.74, 6) is -3.76. The minimum atomic E-state index is -4.14. The maximum atomic E-state index is 11.4. The molecule has 0 aliphatic carbocycles. The Kier molecular flexibility index (Phi) is 4.89. The standard InChI is InChI=1S/C7H12N2O6S/c1-2-4(6(11)12)16(14,15)3-5(10)9-7(8)13/h4H,2-3H2,1H3,(H,11,12)(H3,8,9,10,13). The van der Waals surface area contributed by atoms with Crippen molar-refractivity contribution in [2.75, 3.05) is 5.75 Å². The Morgan fingerprint density at radius 1 is 1.38 bits per heavy atom. The predicted octanol–water partition coefficient (Wildman–Crippen LogP) is -1.54. The molecule has 16 heavy (non-hydrogen) atoms. The molecule has 92 valence electrons. The molecule has 9 heteroatoms. The summed E-state index contributed by atoms with van der Waals surface area (Å²) in [4.78, 5) is 31.8. The highest BCUT2D eigenvalue weighted by Crippen LogP contribution is 2.07. The third-order valence-electron chi connectivity index (χ3n) is 1.67. The number of rotatable bonds is 5. The van der Waals surface area contributed by atoms with Crippen molar-refractivity contribution in [2.24, 2.45) is 5.73 Å². The van der Waals surface area contributed by atoms with Gasteiger partial charge in [0.2, 0.25) is 5.91 Å². The van der Waals surface area contributed by atoms with E-state index in [-0.39, 0.29) is 6.42 Å². The van der Waals surface area contributed by atoms with Crippen LogP contribution in [0.25, 0.3) is 0 Å². The normalized spacial score (nSPS) is 12.8. The molecule has 4 N–H and O–H groups in total. The first-order valence-electron chi connectivity index (χ1n) is 4.24. The number of carbonyl (C=O) groups is 3. The number of sulfone groups is 1. The number of nitrogens with two attached hydrogens (primary N) is 1. The molecule has 0 radical (unpaired) electrons. The largest absolute Gasteiger partial charge is 0.480 e. The molecule has 0 spiro atoms. The molecule has 1 atom stereocenters. The number of aliphatic carboxylic acids is 1. The monoisotopic (exact) mass is 252 g/mol. The molecule has 0 saturated carbocycles. The lowest BCUT2D eigenvalue weighted by Crippen LogP contribution is -2.42. The van der Waals surface area contributed by atoms with Gasteiger partial charge in [0.25, 0.3) is 0 Å². The highest BCUT2D eigenvalue weighted by molar-refractivity contribution is 7.93. The zero-order valence-corrected chi connectivity index (χ0v) is 9.28. The van der Waals surface area contributed by atoms with Crippen LogP contribution in [-0.4, -0.2) is 42.4 Å². The van der Waals surface area contributed by atoms with Crippen LogP contribution in [-0.2, 0) is 19.4 Å². The zero-order chi connectivity index (χ0) is 12.9. The fourth-order valence-corrected chi connectivity index (χ4v) is 2.49. The first-order valence-corrected chi connectivity index (χ1v) is 5.96. The van der Waals surface area contributed by atoms with E-state index >= 15 is 0 Å². The minimum absolute atomic E-state index is 0.165. The number of urea groups is 1. The van der Waals surface area contributed by atoms with Gasteiger partial charge >= 0.3 is 12.0 Å². The summed E-state index contributed by atoms with van der Waals surface area (Å²) < 4.78 is 22.8. The molecule has 3 amide bonds. The molecule has 0 rings (SSSR count). The van der Waals surface area contributed by atoms with E-state index < -0.39 is 38.7 Å². The highest BCUT2D eigenvalue weighted by atomic mass is 32.2. The lowest BCUT2D eigenvalue weighted by atomic mass is 10.3. The fraction of sp³-hybridized carbons (Fsp3) is 0.571. The first kappa shape index (κ1) is 14.4. The molecule has 8 nitrogen and oxygen atoms in total. The van der Waals surface area contributed by atoms with E-state index in [4.69, 9.17) is 5.11 Å². The van der Waals surface area contributed by atoms with Gasteiger partial charge in [-0.25, -0.2) is 13.2 Å². The Morgan fingerprint density at radius 2 is 1.88 bits per heavy atom. The van der Waals surface area contributed by atoms with E-state index in [9.17, 15) is 22.8 Å². The van der Waals surface area contributed by atoms with Crippen molar-refractivity contribution < 1.29 is 27.9 Å². The van der Waals surface area contributed by atoms with Crippen LogP contribution >= 0.6 is 0 Å². The summed E-state index contributed by atoms with van der Waals surface area (Å²) in [6.45, 7) is 1.36. The van der Waals surface area contributed by atoms with Gasteiger partial charge in [-0.1, -0.05) is 6.92 Å². The fourth-order valence-electron chi connectivity index (χ4n) is 1.04. The van der Waals surface area contributed by atoms with Crippen molar-refractivity contribution in [2.45, 2.75) is 18.6 Å². The molecular formula is C7H12N2O6S. The molecular weight excluding hydrogens is 240 g/mol. The number of carboxylic acid groups (broad SMARTS) is 1. The number of amides is 3. The van der Waals surface area contributed by atoms with Gasteiger partial charge < -0.3 is 10.8 Å². The Labute approximate surface area is 91.7 Å². The summed E-state index contributed by atoms with van der Waals surface area (Å²) >= 11 is 0. The van der Waals surface area contributed by atoms with Crippen molar-refractivity contribution in [1.82, 2.24) is 5.32 Å². The van der Waals surface area contributed by atoms with Crippen LogP contribution in [0, 0.1) is 0 Å². The van der Waals surface area contributed by atoms with Crippen LogP contribution in [0.3, 0.4) is 0 Å². The lowest BCUT2D eigenvalue weighted by Gasteiger charge is -2.10. The van der Waals surface area contributed by atoms with E-state index in [1.165, 1.54) is 6.92 Å². The molecule has 0 saturated heterocycles. The predicted molar refractivity (Wildman–Crippen MR) is 53.2 cm³/mol. The van der Waals surface area contributed by atoms with Crippen molar-refractivity contribution >= 4 is 27.7 Å². The smallest absolute Gasteiger partial charge is 0.321 e. The minimum Gasteiger partial charge on any atom is -0.480 e. The molecule has 0 heterocycles. The number of hydrogen-bond acceptors (Lipinski definition) is 5. The van der Waals surface area contributed by atoms with Gasteiger partial charge in [0, 0.05) is 0 Å². The number of primary amides is 1. The van der Waals surface area contributed by atoms with Crippen LogP contribution in [0.4, 0.5) is 4.79 Å². The van der Waals surface area contributed by atoms with E-state index in [1.54, 1.807) is 5.32 Å². The Bertz CT molecular complexity index is 401. The molecule has 0 aliphatic rings. The van der Waals surface area contributed by atoms with Gasteiger partial charge in [-0.15, -0.1) is 0 Å². The van der Waals surface area contributed by atoms with E-state index in [2.05, 4.69) is 5.73 Å². The molecule has 0 fully saturated rings. The third-order valence-corrected chi connectivity index (χ3v) is 3.74. The molecule has 0 aromatic carbocycles. The number of imide groups is 1. The average Bonchev–Trinajstić information content (AvgIpc) is 1.99. The third kappa shape index (κ3) is 4.26. The number of nitrogens with one attached hydrogen (secondary N) is 1. The molecule has 0 aromatic heterocycles. The van der Waals surface area contributed by atoms with E-state index in [1.807, 2.05) is 0 Å². The quantitative estimate of drug-likeness (QED) is 0.540. The van der Waals surface area contributed by atoms with Crippen molar-refractivity contribution in [3.05, 3.63) is 0 Å². The van der Waals surface area contributed by atoms with Crippen molar-refractivity contribution in [1.29, 1.82) is 0 Å². The Morgan fingerprint density at radius 3 is 2.19 bits per heavy atom. The van der Waals surface area contributed by atoms with Gasteiger partial charge in [0.05, 0.1) is 0 Å². The van der Waals surface area contributed by atoms with Crippen molar-refractivity contribution in [3.8, 4) is 0 Å². The summed E-state index contributed by atoms with van der Waals surface area (Å²) in [5.41, 5.74) is 4.60. The summed E-state index contributed by atoms with van der Waals surface area (Å²) in [5, 5.41) is 8.48. The van der Waals surface area contributed by atoms with Gasteiger partial charge in [-0.2, -0.15) is 0 Å². The molecule has 0 bridgehead atoms. The SMILES string of the molecule is CCC(C(=O)O)S(=O)(=O)CC(=O)NC(N)=O. The van der Waals surface area contributed by atoms with Crippen LogP contribution in [0.1, 0.15) is 13.3 Å². The van der Waals surface area contributed by atoms with Crippen LogP contribution in [0.5, 0.6) is 0 Å². The second-order valence-corrected chi connectivity index (χ2v) is 5.14. The zero-order valence-electron chi connectivity index (χ0n) is 8.47. The number of carbonyl (C=O) groups excluding carboxylic acids is 2. The molecule has 0 aliphatic heterocycles. The highest BCUT2D eigenvalue weighted by Gasteiger charge is 2.32. The number of hydrogen-bond donors (Lipinski definition) is 3. The molecule has 0 aromatic rings. The van der Waals surface area contributed by atoms with E-state index in [0.717, 1.165) is 0 Å². The van der Waals surface area contributed by atoms with E-state index in [0.29, 0.717) is 0 Å². The maximum Gasteiger partial charge on any atom is 0.321 e. The maximum absolute atomic E-state index is 11.4. The summed E-state index contributed by atoms with van der Waals surface area (Å²) in [7, 11) is -4.14. The van der Waals surface area contributed by atoms with Gasteiger partial charge in [-0.05, 0) is 6.42 Å². The Hall–Kier alpha value is -1.64. The average molecular weight is 252 g/mol. The van der Waals surface area contributed by atoms with Gasteiger partial charge in [0.15, 0.2) is 15.1 Å². The summed E-state index contributed by atoms with van der Waals surface area (Å²) in [6, 6.07) is -1.19. The Balaban J connectivity index is 4.75. The van der Waals surface area contributed by atoms with Crippen molar-refractivity contribution in [3.63, 3.8) is 0 Å². The van der Waals surface area contributed by atoms with Gasteiger partial charge in [-0.3, -0.25) is 14.9 Å². The second kappa shape index (κ2) is 5.45.